The van der Waals surface area contributed by atoms with Crippen molar-refractivity contribution in [3.63, 3.8) is 0 Å². The first-order valence-electron chi connectivity index (χ1n) is 26.5. The summed E-state index contributed by atoms with van der Waals surface area (Å²) in [6.45, 7) is 7.81. The summed E-state index contributed by atoms with van der Waals surface area (Å²) in [5.74, 6) is -0.409. The zero-order valence-electron chi connectivity index (χ0n) is 40.5. The van der Waals surface area contributed by atoms with Gasteiger partial charge in [-0.1, -0.05) is 205 Å². The molecule has 0 saturated carbocycles. The smallest absolute Gasteiger partial charge is 0.306 e. The van der Waals surface area contributed by atoms with Crippen molar-refractivity contribution in [2.45, 2.75) is 284 Å². The van der Waals surface area contributed by atoms with Crippen molar-refractivity contribution in [2.75, 3.05) is 19.8 Å². The van der Waals surface area contributed by atoms with Crippen LogP contribution in [0, 0.1) is 0 Å². The SMILES string of the molecule is CCCCCC/C=C\CCCCCCCC(=O)OC(COCCCCCCCC/C=C\CCCCCCCC)COC(=O)CCCCCCC/C=C\CCCCCCCC. The van der Waals surface area contributed by atoms with E-state index in [0.29, 0.717) is 19.4 Å². The van der Waals surface area contributed by atoms with Crippen molar-refractivity contribution < 1.29 is 23.8 Å². The predicted octanol–water partition coefficient (Wildman–Crippen LogP) is 17.8. The largest absolute Gasteiger partial charge is 0.462 e. The molecule has 5 heteroatoms. The Morgan fingerprint density at radius 2 is 0.650 bits per heavy atom. The summed E-state index contributed by atoms with van der Waals surface area (Å²) in [4.78, 5) is 25.4. The number of carbonyl (C=O) groups is 2. The summed E-state index contributed by atoms with van der Waals surface area (Å²) < 4.78 is 17.4. The van der Waals surface area contributed by atoms with Gasteiger partial charge in [0.15, 0.2) is 6.10 Å². The third kappa shape index (κ3) is 48.8. The number of hydrogen-bond donors (Lipinski definition) is 0. The van der Waals surface area contributed by atoms with Gasteiger partial charge in [0, 0.05) is 19.4 Å². The molecular weight excluding hydrogens is 741 g/mol. The lowest BCUT2D eigenvalue weighted by Crippen LogP contribution is -2.30. The van der Waals surface area contributed by atoms with Gasteiger partial charge in [0.25, 0.3) is 0 Å². The second kappa shape index (κ2) is 51.5. The zero-order chi connectivity index (χ0) is 43.5. The lowest BCUT2D eigenvalue weighted by molar-refractivity contribution is -0.163. The first-order chi connectivity index (χ1) is 29.6. The molecule has 0 saturated heterocycles. The Morgan fingerprint density at radius 1 is 0.350 bits per heavy atom. The average molecular weight is 843 g/mol. The maximum absolute atomic E-state index is 12.8. The van der Waals surface area contributed by atoms with Gasteiger partial charge in [-0.15, -0.1) is 0 Å². The van der Waals surface area contributed by atoms with E-state index in [1.165, 1.54) is 180 Å². The van der Waals surface area contributed by atoms with E-state index in [9.17, 15) is 9.59 Å². The van der Waals surface area contributed by atoms with Crippen LogP contribution >= 0.6 is 0 Å². The highest BCUT2D eigenvalue weighted by molar-refractivity contribution is 5.70. The molecule has 1 unspecified atom stereocenters. The Kier molecular flexibility index (Phi) is 49.9. The van der Waals surface area contributed by atoms with Crippen LogP contribution in [0.15, 0.2) is 36.5 Å². The number of carbonyl (C=O) groups excluding carboxylic acids is 2. The average Bonchev–Trinajstić information content (AvgIpc) is 3.25. The standard InChI is InChI=1S/C55H102O5/c1-4-7-10-13-16-19-22-25-27-29-32-35-38-41-44-47-50-58-51-53(60-55(57)49-46-43-40-37-34-30-24-21-18-15-12-9-6-3)52-59-54(56)48-45-42-39-36-33-31-28-26-23-20-17-14-11-8-5-2/h21,24-28,53H,4-20,22-23,29-52H2,1-3H3/b24-21-,27-25-,28-26-. The van der Waals surface area contributed by atoms with Crippen molar-refractivity contribution in [3.05, 3.63) is 36.5 Å². The van der Waals surface area contributed by atoms with Gasteiger partial charge in [-0.2, -0.15) is 0 Å². The second-order valence-corrected chi connectivity index (χ2v) is 17.8. The van der Waals surface area contributed by atoms with Crippen molar-refractivity contribution in [1.29, 1.82) is 0 Å². The van der Waals surface area contributed by atoms with Gasteiger partial charge in [0.2, 0.25) is 0 Å². The van der Waals surface area contributed by atoms with Crippen molar-refractivity contribution in [1.82, 2.24) is 0 Å². The van der Waals surface area contributed by atoms with Gasteiger partial charge in [-0.25, -0.2) is 0 Å². The van der Waals surface area contributed by atoms with Crippen LogP contribution in [-0.2, 0) is 23.8 Å². The van der Waals surface area contributed by atoms with Crippen LogP contribution in [0.25, 0.3) is 0 Å². The lowest BCUT2D eigenvalue weighted by Gasteiger charge is -2.18. The van der Waals surface area contributed by atoms with Gasteiger partial charge in [-0.05, 0) is 96.3 Å². The molecule has 0 radical (unpaired) electrons. The van der Waals surface area contributed by atoms with E-state index in [2.05, 4.69) is 57.2 Å². The second-order valence-electron chi connectivity index (χ2n) is 17.8. The molecule has 5 nitrogen and oxygen atoms in total. The molecule has 0 heterocycles. The van der Waals surface area contributed by atoms with E-state index >= 15 is 0 Å². The highest BCUT2D eigenvalue weighted by Gasteiger charge is 2.17. The van der Waals surface area contributed by atoms with Crippen LogP contribution in [0.2, 0.25) is 0 Å². The summed E-state index contributed by atoms with van der Waals surface area (Å²) in [5, 5.41) is 0. The molecule has 0 aromatic heterocycles. The predicted molar refractivity (Wildman–Crippen MR) is 261 cm³/mol. The number of rotatable bonds is 49. The van der Waals surface area contributed by atoms with Gasteiger partial charge in [-0.3, -0.25) is 9.59 Å². The van der Waals surface area contributed by atoms with Gasteiger partial charge in [0.1, 0.15) is 6.61 Å². The van der Waals surface area contributed by atoms with Crippen molar-refractivity contribution >= 4 is 11.9 Å². The maximum atomic E-state index is 12.8. The minimum absolute atomic E-state index is 0.0785. The Morgan fingerprint density at radius 3 is 1.03 bits per heavy atom. The van der Waals surface area contributed by atoms with Gasteiger partial charge < -0.3 is 14.2 Å². The fraction of sp³-hybridized carbons (Fsp3) is 0.855. The van der Waals surface area contributed by atoms with E-state index in [1.807, 2.05) is 0 Å². The van der Waals surface area contributed by atoms with Crippen molar-refractivity contribution in [2.24, 2.45) is 0 Å². The van der Waals surface area contributed by atoms with Crippen LogP contribution in [0.1, 0.15) is 278 Å². The summed E-state index contributed by atoms with van der Waals surface area (Å²) in [7, 11) is 0. The molecule has 0 aromatic carbocycles. The monoisotopic (exact) mass is 843 g/mol. The Labute approximate surface area is 374 Å². The maximum Gasteiger partial charge on any atom is 0.306 e. The van der Waals surface area contributed by atoms with Gasteiger partial charge >= 0.3 is 11.9 Å². The highest BCUT2D eigenvalue weighted by Crippen LogP contribution is 2.14. The van der Waals surface area contributed by atoms with E-state index < -0.39 is 6.10 Å². The summed E-state index contributed by atoms with van der Waals surface area (Å²) >= 11 is 0. The Hall–Kier alpha value is -1.88. The first-order valence-corrected chi connectivity index (χ1v) is 26.5. The van der Waals surface area contributed by atoms with Crippen LogP contribution in [0.3, 0.4) is 0 Å². The number of hydrogen-bond acceptors (Lipinski definition) is 5. The van der Waals surface area contributed by atoms with Crippen LogP contribution in [-0.4, -0.2) is 37.9 Å². The summed E-state index contributed by atoms with van der Waals surface area (Å²) in [5.41, 5.74) is 0. The van der Waals surface area contributed by atoms with E-state index in [4.69, 9.17) is 14.2 Å². The normalized spacial score (nSPS) is 12.4. The summed E-state index contributed by atoms with van der Waals surface area (Å²) in [6.07, 6.45) is 61.5. The van der Waals surface area contributed by atoms with Crippen LogP contribution < -0.4 is 0 Å². The molecule has 0 rings (SSSR count). The molecule has 0 N–H and O–H groups in total. The Bertz CT molecular complexity index is 955. The van der Waals surface area contributed by atoms with Gasteiger partial charge in [0.05, 0.1) is 6.61 Å². The lowest BCUT2D eigenvalue weighted by atomic mass is 10.1. The third-order valence-electron chi connectivity index (χ3n) is 11.6. The van der Waals surface area contributed by atoms with E-state index in [1.54, 1.807) is 0 Å². The first kappa shape index (κ1) is 58.1. The molecule has 0 bridgehead atoms. The molecule has 0 aliphatic rings. The molecular formula is C55H102O5. The fourth-order valence-corrected chi connectivity index (χ4v) is 7.61. The number of esters is 2. The number of allylic oxidation sites excluding steroid dienone is 6. The minimum atomic E-state index is -0.543. The molecule has 1 atom stereocenters. The number of ether oxygens (including phenoxy) is 3. The van der Waals surface area contributed by atoms with Crippen LogP contribution in [0.4, 0.5) is 0 Å². The summed E-state index contributed by atoms with van der Waals surface area (Å²) in [6, 6.07) is 0. The minimum Gasteiger partial charge on any atom is -0.462 e. The number of unbranched alkanes of at least 4 members (excludes halogenated alkanes) is 32. The zero-order valence-corrected chi connectivity index (χ0v) is 40.5. The topological polar surface area (TPSA) is 61.8 Å². The molecule has 0 spiro atoms. The molecule has 0 aromatic rings. The van der Waals surface area contributed by atoms with Crippen LogP contribution in [0.5, 0.6) is 0 Å². The molecule has 0 fully saturated rings. The fourth-order valence-electron chi connectivity index (χ4n) is 7.61. The molecule has 0 aliphatic carbocycles. The molecule has 60 heavy (non-hydrogen) atoms. The molecule has 0 amide bonds. The van der Waals surface area contributed by atoms with E-state index in [0.717, 1.165) is 64.2 Å². The third-order valence-corrected chi connectivity index (χ3v) is 11.6. The Balaban J connectivity index is 4.27. The molecule has 0 aliphatic heterocycles. The quantitative estimate of drug-likeness (QED) is 0.0347. The molecule has 352 valence electrons. The highest BCUT2D eigenvalue weighted by atomic mass is 16.6. The van der Waals surface area contributed by atoms with Crippen molar-refractivity contribution in [3.8, 4) is 0 Å². The van der Waals surface area contributed by atoms with E-state index in [-0.39, 0.29) is 25.2 Å².